The summed E-state index contributed by atoms with van der Waals surface area (Å²) in [6.07, 6.45) is -0.0474. The monoisotopic (exact) mass is 217 g/mol. The topological polar surface area (TPSA) is 95.7 Å². The minimum Gasteiger partial charge on any atom is -0.481 e. The maximum atomic E-state index is 11.5. The Kier molecular flexibility index (Phi) is 6.44. The molecule has 2 amide bonds. The largest absolute Gasteiger partial charge is 0.481 e. The van der Waals surface area contributed by atoms with Gasteiger partial charge in [-0.15, -0.1) is 0 Å². The van der Waals surface area contributed by atoms with Crippen LogP contribution < -0.4 is 11.1 Å². The number of carbonyl (C=O) groups excluding carboxylic acids is 1. The molecule has 88 valence electrons. The van der Waals surface area contributed by atoms with Gasteiger partial charge in [-0.25, -0.2) is 4.79 Å². The van der Waals surface area contributed by atoms with Crippen molar-refractivity contribution in [3.63, 3.8) is 0 Å². The molecule has 0 heterocycles. The van der Waals surface area contributed by atoms with Gasteiger partial charge in [0.1, 0.15) is 0 Å². The van der Waals surface area contributed by atoms with Crippen LogP contribution in [0, 0.1) is 0 Å². The highest BCUT2D eigenvalue weighted by molar-refractivity contribution is 5.75. The third-order valence-corrected chi connectivity index (χ3v) is 1.87. The van der Waals surface area contributed by atoms with Crippen LogP contribution in [0.2, 0.25) is 0 Å². The second-order valence-electron chi connectivity index (χ2n) is 3.45. The molecule has 6 nitrogen and oxygen atoms in total. The summed E-state index contributed by atoms with van der Waals surface area (Å²) in [6, 6.07) is -0.293. The lowest BCUT2D eigenvalue weighted by molar-refractivity contribution is -0.137. The summed E-state index contributed by atoms with van der Waals surface area (Å²) in [6.45, 7) is 4.66. The van der Waals surface area contributed by atoms with Crippen molar-refractivity contribution in [1.82, 2.24) is 10.2 Å². The van der Waals surface area contributed by atoms with Crippen LogP contribution in [0.1, 0.15) is 20.3 Å². The maximum Gasteiger partial charge on any atom is 0.317 e. The Morgan fingerprint density at radius 2 is 2.07 bits per heavy atom. The van der Waals surface area contributed by atoms with E-state index in [9.17, 15) is 9.59 Å². The summed E-state index contributed by atoms with van der Waals surface area (Å²) in [5.41, 5.74) is 5.25. The second kappa shape index (κ2) is 7.05. The van der Waals surface area contributed by atoms with Gasteiger partial charge < -0.3 is 21.1 Å². The van der Waals surface area contributed by atoms with Gasteiger partial charge in [0.05, 0.1) is 6.42 Å². The number of nitrogens with one attached hydrogen (secondary N) is 1. The minimum absolute atomic E-state index is 0.0258. The van der Waals surface area contributed by atoms with E-state index in [1.807, 2.05) is 13.8 Å². The fourth-order valence-corrected chi connectivity index (χ4v) is 1.09. The van der Waals surface area contributed by atoms with E-state index in [-0.39, 0.29) is 25.0 Å². The van der Waals surface area contributed by atoms with Crippen LogP contribution in [0.3, 0.4) is 0 Å². The number of hydrogen-bond acceptors (Lipinski definition) is 3. The molecule has 0 unspecified atom stereocenters. The SMILES string of the molecule is CC(C)N(CCC(=O)O)C(=O)NCCN. The first-order valence-corrected chi connectivity index (χ1v) is 4.95. The van der Waals surface area contributed by atoms with Crippen LogP contribution in [0.5, 0.6) is 0 Å². The Hall–Kier alpha value is -1.30. The Morgan fingerprint density at radius 3 is 2.47 bits per heavy atom. The van der Waals surface area contributed by atoms with Crippen LogP contribution in [0.4, 0.5) is 4.79 Å². The molecule has 0 spiro atoms. The molecule has 0 aliphatic heterocycles. The van der Waals surface area contributed by atoms with Crippen LogP contribution in [-0.2, 0) is 4.79 Å². The molecule has 0 fully saturated rings. The van der Waals surface area contributed by atoms with Crippen molar-refractivity contribution >= 4 is 12.0 Å². The minimum atomic E-state index is -0.910. The number of nitrogens with zero attached hydrogens (tertiary/aromatic N) is 1. The molecule has 0 radical (unpaired) electrons. The number of carboxylic acids is 1. The Balaban J connectivity index is 4.13. The fraction of sp³-hybridized carbons (Fsp3) is 0.778. The van der Waals surface area contributed by atoms with Crippen molar-refractivity contribution < 1.29 is 14.7 Å². The molecule has 0 aromatic rings. The fourth-order valence-electron chi connectivity index (χ4n) is 1.09. The number of rotatable bonds is 6. The second-order valence-corrected chi connectivity index (χ2v) is 3.45. The number of nitrogens with two attached hydrogens (primary N) is 1. The van der Waals surface area contributed by atoms with Crippen molar-refractivity contribution in [1.29, 1.82) is 0 Å². The molecule has 0 bridgehead atoms. The molecule has 0 saturated carbocycles. The first-order valence-electron chi connectivity index (χ1n) is 4.95. The summed E-state index contributed by atoms with van der Waals surface area (Å²) in [5, 5.41) is 11.1. The predicted molar refractivity (Wildman–Crippen MR) is 56.5 cm³/mol. The van der Waals surface area contributed by atoms with Crippen LogP contribution >= 0.6 is 0 Å². The zero-order valence-electron chi connectivity index (χ0n) is 9.19. The van der Waals surface area contributed by atoms with E-state index in [0.717, 1.165) is 0 Å². The summed E-state index contributed by atoms with van der Waals surface area (Å²) >= 11 is 0. The molecule has 0 aliphatic rings. The average molecular weight is 217 g/mol. The standard InChI is InChI=1S/C9H19N3O3/c1-7(2)12(6-3-8(13)14)9(15)11-5-4-10/h7H,3-6,10H2,1-2H3,(H,11,15)(H,13,14). The zero-order valence-corrected chi connectivity index (χ0v) is 9.19. The van der Waals surface area contributed by atoms with E-state index in [0.29, 0.717) is 13.1 Å². The molecule has 0 aromatic carbocycles. The summed E-state index contributed by atoms with van der Waals surface area (Å²) in [4.78, 5) is 23.4. The lowest BCUT2D eigenvalue weighted by atomic mass is 10.3. The van der Waals surface area contributed by atoms with E-state index in [1.165, 1.54) is 4.90 Å². The van der Waals surface area contributed by atoms with Gasteiger partial charge in [0.2, 0.25) is 0 Å². The lowest BCUT2D eigenvalue weighted by Gasteiger charge is -2.26. The number of carbonyl (C=O) groups is 2. The average Bonchev–Trinajstić information content (AvgIpc) is 2.13. The molecule has 15 heavy (non-hydrogen) atoms. The molecule has 6 heteroatoms. The van der Waals surface area contributed by atoms with Gasteiger partial charge in [-0.1, -0.05) is 0 Å². The number of hydrogen-bond donors (Lipinski definition) is 3. The molecule has 0 aromatic heterocycles. The number of aliphatic carboxylic acids is 1. The third-order valence-electron chi connectivity index (χ3n) is 1.87. The Bertz CT molecular complexity index is 219. The van der Waals surface area contributed by atoms with Crippen molar-refractivity contribution in [2.45, 2.75) is 26.3 Å². The van der Waals surface area contributed by atoms with E-state index >= 15 is 0 Å². The lowest BCUT2D eigenvalue weighted by Crippen LogP contribution is -2.46. The van der Waals surface area contributed by atoms with E-state index in [4.69, 9.17) is 10.8 Å². The smallest absolute Gasteiger partial charge is 0.317 e. The third kappa shape index (κ3) is 5.90. The molecule has 0 saturated heterocycles. The van der Waals surface area contributed by atoms with Gasteiger partial charge in [0.15, 0.2) is 0 Å². The first-order chi connectivity index (χ1) is 6.99. The molecular weight excluding hydrogens is 198 g/mol. The van der Waals surface area contributed by atoms with Gasteiger partial charge >= 0.3 is 12.0 Å². The molecule has 0 atom stereocenters. The summed E-state index contributed by atoms with van der Waals surface area (Å²) in [7, 11) is 0. The quantitative estimate of drug-likeness (QED) is 0.576. The van der Waals surface area contributed by atoms with Crippen molar-refractivity contribution in [3.8, 4) is 0 Å². The van der Waals surface area contributed by atoms with Crippen molar-refractivity contribution in [3.05, 3.63) is 0 Å². The van der Waals surface area contributed by atoms with Crippen LogP contribution in [-0.4, -0.2) is 47.7 Å². The molecule has 0 aliphatic carbocycles. The highest BCUT2D eigenvalue weighted by atomic mass is 16.4. The Labute approximate surface area is 89.4 Å². The number of urea groups is 1. The normalized spacial score (nSPS) is 10.1. The van der Waals surface area contributed by atoms with Crippen molar-refractivity contribution in [2.24, 2.45) is 5.73 Å². The number of carboxylic acid groups (broad SMARTS) is 1. The van der Waals surface area contributed by atoms with Crippen LogP contribution in [0.15, 0.2) is 0 Å². The molecule has 0 rings (SSSR count). The summed E-state index contributed by atoms with van der Waals surface area (Å²) < 4.78 is 0. The van der Waals surface area contributed by atoms with Gasteiger partial charge in [-0.2, -0.15) is 0 Å². The number of amides is 2. The van der Waals surface area contributed by atoms with E-state index in [2.05, 4.69) is 5.32 Å². The van der Waals surface area contributed by atoms with E-state index in [1.54, 1.807) is 0 Å². The van der Waals surface area contributed by atoms with Crippen LogP contribution in [0.25, 0.3) is 0 Å². The first kappa shape index (κ1) is 13.7. The van der Waals surface area contributed by atoms with Gasteiger partial charge in [0.25, 0.3) is 0 Å². The molecular formula is C9H19N3O3. The van der Waals surface area contributed by atoms with E-state index < -0.39 is 5.97 Å². The Morgan fingerprint density at radius 1 is 1.47 bits per heavy atom. The van der Waals surface area contributed by atoms with Gasteiger partial charge in [0, 0.05) is 25.7 Å². The summed E-state index contributed by atoms with van der Waals surface area (Å²) in [5.74, 6) is -0.910. The van der Waals surface area contributed by atoms with Crippen molar-refractivity contribution in [2.75, 3.05) is 19.6 Å². The highest BCUT2D eigenvalue weighted by Gasteiger charge is 2.16. The van der Waals surface area contributed by atoms with Gasteiger partial charge in [-0.3, -0.25) is 4.79 Å². The predicted octanol–water partition coefficient (Wildman–Crippen LogP) is -0.160. The van der Waals surface area contributed by atoms with Gasteiger partial charge in [-0.05, 0) is 13.8 Å². The maximum absolute atomic E-state index is 11.5. The zero-order chi connectivity index (χ0) is 11.8. The molecule has 4 N–H and O–H groups in total. The highest BCUT2D eigenvalue weighted by Crippen LogP contribution is 2.00.